The van der Waals surface area contributed by atoms with Crippen molar-refractivity contribution in [2.24, 2.45) is 0 Å². The molecular weight excluding hydrogens is 114 g/mol. The Bertz CT molecular complexity index is 199. The van der Waals surface area contributed by atoms with E-state index in [2.05, 4.69) is 4.98 Å². The summed E-state index contributed by atoms with van der Waals surface area (Å²) in [6.45, 7) is 0. The van der Waals surface area contributed by atoms with Crippen molar-refractivity contribution in [1.82, 2.24) is 4.98 Å². The van der Waals surface area contributed by atoms with Gasteiger partial charge in [-0.2, -0.15) is 0 Å². The first kappa shape index (κ1) is 5.06. The SMILES string of the molecule is OC1(c2cc[nH]c2)CC1. The van der Waals surface area contributed by atoms with Gasteiger partial charge in [0.25, 0.3) is 0 Å². The first-order valence-electron chi connectivity index (χ1n) is 3.17. The van der Waals surface area contributed by atoms with Gasteiger partial charge in [-0.05, 0) is 18.9 Å². The van der Waals surface area contributed by atoms with E-state index >= 15 is 0 Å². The normalized spacial score (nSPS) is 21.9. The summed E-state index contributed by atoms with van der Waals surface area (Å²) in [6.07, 6.45) is 5.54. The Morgan fingerprint density at radius 3 is 2.78 bits per heavy atom. The maximum absolute atomic E-state index is 9.47. The predicted molar refractivity (Wildman–Crippen MR) is 33.9 cm³/mol. The Morgan fingerprint density at radius 2 is 2.33 bits per heavy atom. The number of nitrogens with one attached hydrogen (secondary N) is 1. The van der Waals surface area contributed by atoms with Crippen LogP contribution in [-0.4, -0.2) is 10.1 Å². The van der Waals surface area contributed by atoms with Crippen molar-refractivity contribution < 1.29 is 5.11 Å². The summed E-state index contributed by atoms with van der Waals surface area (Å²) in [5, 5.41) is 9.47. The summed E-state index contributed by atoms with van der Waals surface area (Å²) in [5.41, 5.74) is 0.572. The Hall–Kier alpha value is -0.760. The van der Waals surface area contributed by atoms with E-state index in [0.717, 1.165) is 18.4 Å². The summed E-state index contributed by atoms with van der Waals surface area (Å²) < 4.78 is 0. The van der Waals surface area contributed by atoms with Gasteiger partial charge in [-0.15, -0.1) is 0 Å². The summed E-state index contributed by atoms with van der Waals surface area (Å²) >= 11 is 0. The van der Waals surface area contributed by atoms with Gasteiger partial charge in [0.05, 0.1) is 5.60 Å². The summed E-state index contributed by atoms with van der Waals surface area (Å²) in [5.74, 6) is 0. The molecule has 2 nitrogen and oxygen atoms in total. The summed E-state index contributed by atoms with van der Waals surface area (Å²) in [6, 6.07) is 1.92. The van der Waals surface area contributed by atoms with Gasteiger partial charge >= 0.3 is 0 Å². The zero-order valence-electron chi connectivity index (χ0n) is 5.09. The molecule has 1 aromatic heterocycles. The van der Waals surface area contributed by atoms with Crippen LogP contribution >= 0.6 is 0 Å². The molecule has 0 aromatic carbocycles. The van der Waals surface area contributed by atoms with Gasteiger partial charge in [-0.3, -0.25) is 0 Å². The molecule has 0 aliphatic heterocycles. The average Bonchev–Trinajstić information content (AvgIpc) is 2.46. The number of aromatic amines is 1. The molecule has 0 bridgehead atoms. The fourth-order valence-corrected chi connectivity index (χ4v) is 1.02. The molecule has 0 unspecified atom stereocenters. The molecule has 0 spiro atoms. The third-order valence-corrected chi connectivity index (χ3v) is 1.86. The van der Waals surface area contributed by atoms with Crippen LogP contribution in [0.1, 0.15) is 18.4 Å². The largest absolute Gasteiger partial charge is 0.385 e. The molecule has 1 saturated carbocycles. The molecule has 2 rings (SSSR count). The van der Waals surface area contributed by atoms with E-state index in [1.807, 2.05) is 18.5 Å². The van der Waals surface area contributed by atoms with E-state index in [1.54, 1.807) is 0 Å². The van der Waals surface area contributed by atoms with E-state index in [1.165, 1.54) is 0 Å². The van der Waals surface area contributed by atoms with Crippen LogP contribution in [0.4, 0.5) is 0 Å². The molecule has 0 amide bonds. The van der Waals surface area contributed by atoms with Crippen LogP contribution < -0.4 is 0 Å². The maximum atomic E-state index is 9.47. The number of aliphatic hydroxyl groups is 1. The molecule has 9 heavy (non-hydrogen) atoms. The van der Waals surface area contributed by atoms with Gasteiger partial charge in [0, 0.05) is 18.0 Å². The van der Waals surface area contributed by atoms with E-state index < -0.39 is 5.60 Å². The Labute approximate surface area is 53.5 Å². The van der Waals surface area contributed by atoms with Crippen LogP contribution in [0.5, 0.6) is 0 Å². The minimum Gasteiger partial charge on any atom is -0.385 e. The number of H-pyrrole nitrogens is 1. The van der Waals surface area contributed by atoms with Crippen LogP contribution in [-0.2, 0) is 5.60 Å². The molecule has 48 valence electrons. The lowest BCUT2D eigenvalue weighted by Crippen LogP contribution is -2.00. The maximum Gasteiger partial charge on any atom is 0.0913 e. The first-order chi connectivity index (χ1) is 4.31. The molecule has 1 aliphatic carbocycles. The van der Waals surface area contributed by atoms with Crippen LogP contribution in [0.3, 0.4) is 0 Å². The molecule has 2 N–H and O–H groups in total. The van der Waals surface area contributed by atoms with E-state index in [9.17, 15) is 5.11 Å². The molecule has 1 fully saturated rings. The highest BCUT2D eigenvalue weighted by molar-refractivity contribution is 5.23. The fourth-order valence-electron chi connectivity index (χ4n) is 1.02. The second-order valence-electron chi connectivity index (χ2n) is 2.63. The summed E-state index contributed by atoms with van der Waals surface area (Å²) in [7, 11) is 0. The molecular formula is C7H9NO. The highest BCUT2D eigenvalue weighted by Crippen LogP contribution is 2.44. The summed E-state index contributed by atoms with van der Waals surface area (Å²) in [4.78, 5) is 2.92. The van der Waals surface area contributed by atoms with E-state index in [4.69, 9.17) is 0 Å². The van der Waals surface area contributed by atoms with Crippen molar-refractivity contribution in [3.8, 4) is 0 Å². The van der Waals surface area contributed by atoms with Crippen LogP contribution in [0.25, 0.3) is 0 Å². The molecule has 1 heterocycles. The topological polar surface area (TPSA) is 36.0 Å². The van der Waals surface area contributed by atoms with E-state index in [-0.39, 0.29) is 0 Å². The lowest BCUT2D eigenvalue weighted by molar-refractivity contribution is 0.151. The van der Waals surface area contributed by atoms with Crippen LogP contribution in [0.2, 0.25) is 0 Å². The van der Waals surface area contributed by atoms with Crippen molar-refractivity contribution in [2.75, 3.05) is 0 Å². The van der Waals surface area contributed by atoms with Crippen molar-refractivity contribution in [3.63, 3.8) is 0 Å². The zero-order chi connectivity index (χ0) is 6.32. The molecule has 0 radical (unpaired) electrons. The van der Waals surface area contributed by atoms with Gasteiger partial charge < -0.3 is 10.1 Å². The minimum absolute atomic E-state index is 0.458. The van der Waals surface area contributed by atoms with Crippen molar-refractivity contribution in [1.29, 1.82) is 0 Å². The minimum atomic E-state index is -0.458. The van der Waals surface area contributed by atoms with Gasteiger partial charge in [0.15, 0.2) is 0 Å². The van der Waals surface area contributed by atoms with E-state index in [0.29, 0.717) is 0 Å². The third kappa shape index (κ3) is 0.669. The average molecular weight is 123 g/mol. The molecule has 0 atom stereocenters. The van der Waals surface area contributed by atoms with Gasteiger partial charge in [0.1, 0.15) is 0 Å². The second kappa shape index (κ2) is 1.39. The number of hydrogen-bond acceptors (Lipinski definition) is 1. The van der Waals surface area contributed by atoms with Gasteiger partial charge in [-0.25, -0.2) is 0 Å². The third-order valence-electron chi connectivity index (χ3n) is 1.86. The molecule has 2 heteroatoms. The smallest absolute Gasteiger partial charge is 0.0913 e. The standard InChI is InChI=1S/C7H9NO/c9-7(2-3-7)6-1-4-8-5-6/h1,4-5,8-9H,2-3H2. The van der Waals surface area contributed by atoms with Crippen molar-refractivity contribution in [3.05, 3.63) is 24.0 Å². The number of hydrogen-bond donors (Lipinski definition) is 2. The van der Waals surface area contributed by atoms with Crippen molar-refractivity contribution >= 4 is 0 Å². The van der Waals surface area contributed by atoms with Crippen LogP contribution in [0, 0.1) is 0 Å². The Kier molecular flexibility index (Phi) is 0.781. The highest BCUT2D eigenvalue weighted by Gasteiger charge is 2.42. The predicted octanol–water partition coefficient (Wildman–Crippen LogP) is 0.996. The molecule has 1 aromatic rings. The van der Waals surface area contributed by atoms with Crippen LogP contribution in [0.15, 0.2) is 18.5 Å². The quantitative estimate of drug-likeness (QED) is 0.574. The Balaban J connectivity index is 2.34. The number of aromatic nitrogens is 1. The van der Waals surface area contributed by atoms with Crippen molar-refractivity contribution in [2.45, 2.75) is 18.4 Å². The lowest BCUT2D eigenvalue weighted by Gasteiger charge is -2.00. The fraction of sp³-hybridized carbons (Fsp3) is 0.429. The molecule has 0 saturated heterocycles. The second-order valence-corrected chi connectivity index (χ2v) is 2.63. The monoisotopic (exact) mass is 123 g/mol. The lowest BCUT2D eigenvalue weighted by atomic mass is 10.2. The first-order valence-corrected chi connectivity index (χ1v) is 3.17. The van der Waals surface area contributed by atoms with Gasteiger partial charge in [-0.1, -0.05) is 0 Å². The zero-order valence-corrected chi connectivity index (χ0v) is 5.09. The Morgan fingerprint density at radius 1 is 1.56 bits per heavy atom. The molecule has 1 aliphatic rings. The van der Waals surface area contributed by atoms with Gasteiger partial charge in [0.2, 0.25) is 0 Å². The highest BCUT2D eigenvalue weighted by atomic mass is 16.3. The number of rotatable bonds is 1.